The fraction of sp³-hybridized carbons (Fsp3) is 1.00. The van der Waals surface area contributed by atoms with Gasteiger partial charge in [0.05, 0.1) is 0 Å². The Morgan fingerprint density at radius 3 is 1.94 bits per heavy atom. The minimum absolute atomic E-state index is 0.342. The normalized spacial score (nSPS) is 33.4. The van der Waals surface area contributed by atoms with Crippen molar-refractivity contribution in [3.63, 3.8) is 0 Å². The number of nitrogens with one attached hydrogen (secondary N) is 1. The minimum atomic E-state index is 0.342. The second-order valence-electron chi connectivity index (χ2n) is 6.40. The van der Waals surface area contributed by atoms with Gasteiger partial charge in [-0.1, -0.05) is 54.4 Å². The summed E-state index contributed by atoms with van der Waals surface area (Å²) in [6.07, 6.45) is 5.26. The van der Waals surface area contributed by atoms with Crippen molar-refractivity contribution in [2.45, 2.75) is 72.8 Å². The molecule has 0 radical (unpaired) electrons. The van der Waals surface area contributed by atoms with E-state index in [1.165, 1.54) is 32.2 Å². The SMILES string of the molecule is CCC(C)C1(C(C)CC)NCCCC1(C)C. The second kappa shape index (κ2) is 5.08. The van der Waals surface area contributed by atoms with Crippen LogP contribution in [0.3, 0.4) is 0 Å². The van der Waals surface area contributed by atoms with Gasteiger partial charge in [0.2, 0.25) is 0 Å². The van der Waals surface area contributed by atoms with E-state index in [0.717, 1.165) is 11.8 Å². The Morgan fingerprint density at radius 1 is 1.06 bits per heavy atom. The van der Waals surface area contributed by atoms with E-state index in [-0.39, 0.29) is 0 Å². The van der Waals surface area contributed by atoms with Gasteiger partial charge in [-0.05, 0) is 36.6 Å². The first-order valence-electron chi connectivity index (χ1n) is 7.17. The lowest BCUT2D eigenvalue weighted by Crippen LogP contribution is -2.66. The Kier molecular flexibility index (Phi) is 4.45. The van der Waals surface area contributed by atoms with Gasteiger partial charge in [-0.2, -0.15) is 0 Å². The molecule has 0 saturated carbocycles. The molecule has 0 aromatic carbocycles. The molecule has 0 spiro atoms. The molecule has 0 aromatic heterocycles. The van der Waals surface area contributed by atoms with E-state index < -0.39 is 0 Å². The van der Waals surface area contributed by atoms with E-state index in [1.807, 2.05) is 0 Å². The summed E-state index contributed by atoms with van der Waals surface area (Å²) < 4.78 is 0. The molecule has 1 heterocycles. The fourth-order valence-electron chi connectivity index (χ4n) is 4.08. The highest BCUT2D eigenvalue weighted by Crippen LogP contribution is 2.49. The number of hydrogen-bond donors (Lipinski definition) is 1. The summed E-state index contributed by atoms with van der Waals surface area (Å²) in [5.41, 5.74) is 0.769. The number of rotatable bonds is 4. The van der Waals surface area contributed by atoms with E-state index in [0.29, 0.717) is 11.0 Å². The van der Waals surface area contributed by atoms with E-state index >= 15 is 0 Å². The topological polar surface area (TPSA) is 12.0 Å². The van der Waals surface area contributed by atoms with Crippen molar-refractivity contribution in [3.05, 3.63) is 0 Å². The Morgan fingerprint density at radius 2 is 1.56 bits per heavy atom. The molecule has 1 aliphatic heterocycles. The summed E-state index contributed by atoms with van der Waals surface area (Å²) in [6.45, 7) is 15.7. The molecular weight excluding hydrogens is 194 g/mol. The highest BCUT2D eigenvalue weighted by Gasteiger charge is 2.51. The Bertz CT molecular complexity index is 209. The van der Waals surface area contributed by atoms with Crippen molar-refractivity contribution in [1.82, 2.24) is 5.32 Å². The number of piperidine rings is 1. The summed E-state index contributed by atoms with van der Waals surface area (Å²) in [5.74, 6) is 1.52. The molecule has 1 saturated heterocycles. The summed E-state index contributed by atoms with van der Waals surface area (Å²) in [4.78, 5) is 0. The monoisotopic (exact) mass is 225 g/mol. The first-order chi connectivity index (χ1) is 7.42. The molecule has 1 nitrogen and oxygen atoms in total. The van der Waals surface area contributed by atoms with Crippen LogP contribution in [0.4, 0.5) is 0 Å². The molecule has 96 valence electrons. The third-order valence-corrected chi connectivity index (χ3v) is 5.30. The molecule has 1 fully saturated rings. The van der Waals surface area contributed by atoms with Gasteiger partial charge >= 0.3 is 0 Å². The molecule has 0 bridgehead atoms. The van der Waals surface area contributed by atoms with E-state index in [2.05, 4.69) is 46.9 Å². The van der Waals surface area contributed by atoms with E-state index in [1.54, 1.807) is 0 Å². The fourth-order valence-corrected chi connectivity index (χ4v) is 4.08. The quantitative estimate of drug-likeness (QED) is 0.755. The van der Waals surface area contributed by atoms with Crippen molar-refractivity contribution in [1.29, 1.82) is 0 Å². The zero-order valence-corrected chi connectivity index (χ0v) is 12.2. The van der Waals surface area contributed by atoms with Gasteiger partial charge in [0.1, 0.15) is 0 Å². The van der Waals surface area contributed by atoms with Crippen molar-refractivity contribution in [3.8, 4) is 0 Å². The molecule has 1 heteroatoms. The summed E-state index contributed by atoms with van der Waals surface area (Å²) in [6, 6.07) is 0. The molecule has 1 aliphatic rings. The number of hydrogen-bond acceptors (Lipinski definition) is 1. The first kappa shape index (κ1) is 14.0. The van der Waals surface area contributed by atoms with Crippen molar-refractivity contribution in [2.75, 3.05) is 6.54 Å². The molecule has 0 aromatic rings. The van der Waals surface area contributed by atoms with Crippen LogP contribution in [0.25, 0.3) is 0 Å². The lowest BCUT2D eigenvalue weighted by atomic mass is 9.55. The molecule has 2 atom stereocenters. The smallest absolute Gasteiger partial charge is 0.0283 e. The average Bonchev–Trinajstić information content (AvgIpc) is 2.26. The van der Waals surface area contributed by atoms with Crippen LogP contribution >= 0.6 is 0 Å². The molecular formula is C15H31N. The predicted molar refractivity (Wildman–Crippen MR) is 72.7 cm³/mol. The molecule has 0 aliphatic carbocycles. The van der Waals surface area contributed by atoms with Crippen LogP contribution in [0.2, 0.25) is 0 Å². The zero-order valence-electron chi connectivity index (χ0n) is 12.2. The first-order valence-corrected chi connectivity index (χ1v) is 7.17. The van der Waals surface area contributed by atoms with Gasteiger partial charge in [0, 0.05) is 5.54 Å². The molecule has 0 amide bonds. The van der Waals surface area contributed by atoms with Gasteiger partial charge in [-0.15, -0.1) is 0 Å². The summed E-state index contributed by atoms with van der Waals surface area (Å²) >= 11 is 0. The third-order valence-electron chi connectivity index (χ3n) is 5.30. The van der Waals surface area contributed by atoms with Gasteiger partial charge in [0.15, 0.2) is 0 Å². The Labute approximate surface area is 102 Å². The predicted octanol–water partition coefficient (Wildman–Crippen LogP) is 4.23. The average molecular weight is 225 g/mol. The van der Waals surface area contributed by atoms with Crippen LogP contribution in [0.5, 0.6) is 0 Å². The maximum Gasteiger partial charge on any atom is 0.0283 e. The van der Waals surface area contributed by atoms with E-state index in [9.17, 15) is 0 Å². The summed E-state index contributed by atoms with van der Waals surface area (Å²) in [7, 11) is 0. The second-order valence-corrected chi connectivity index (χ2v) is 6.40. The maximum absolute atomic E-state index is 3.92. The molecule has 2 unspecified atom stereocenters. The van der Waals surface area contributed by atoms with Crippen LogP contribution < -0.4 is 5.32 Å². The zero-order chi connectivity index (χ0) is 12.4. The minimum Gasteiger partial charge on any atom is -0.310 e. The largest absolute Gasteiger partial charge is 0.310 e. The van der Waals surface area contributed by atoms with Crippen molar-refractivity contribution >= 4 is 0 Å². The lowest BCUT2D eigenvalue weighted by molar-refractivity contribution is -0.0216. The maximum atomic E-state index is 3.92. The van der Waals surface area contributed by atoms with E-state index in [4.69, 9.17) is 0 Å². The highest BCUT2D eigenvalue weighted by molar-refractivity contribution is 5.07. The van der Waals surface area contributed by atoms with Gasteiger partial charge in [0.25, 0.3) is 0 Å². The molecule has 16 heavy (non-hydrogen) atoms. The molecule has 1 rings (SSSR count). The standard InChI is InChI=1S/C15H31N/c1-7-12(3)15(13(4)8-2)14(5,6)10-9-11-16-15/h12-13,16H,7-11H2,1-6H3. The lowest BCUT2D eigenvalue weighted by Gasteiger charge is -2.58. The van der Waals surface area contributed by atoms with Crippen LogP contribution in [0, 0.1) is 17.3 Å². The van der Waals surface area contributed by atoms with Crippen LogP contribution in [-0.2, 0) is 0 Å². The summed E-state index contributed by atoms with van der Waals surface area (Å²) in [5, 5.41) is 3.92. The van der Waals surface area contributed by atoms with Crippen molar-refractivity contribution < 1.29 is 0 Å². The highest BCUT2D eigenvalue weighted by atomic mass is 15.0. The third kappa shape index (κ3) is 2.03. The van der Waals surface area contributed by atoms with Gasteiger partial charge in [-0.25, -0.2) is 0 Å². The van der Waals surface area contributed by atoms with Gasteiger partial charge in [-0.3, -0.25) is 0 Å². The Hall–Kier alpha value is -0.0400. The van der Waals surface area contributed by atoms with Gasteiger partial charge < -0.3 is 5.32 Å². The Balaban J connectivity index is 3.10. The van der Waals surface area contributed by atoms with Crippen LogP contribution in [0.15, 0.2) is 0 Å². The van der Waals surface area contributed by atoms with Crippen LogP contribution in [0.1, 0.15) is 67.2 Å². The van der Waals surface area contributed by atoms with Crippen molar-refractivity contribution in [2.24, 2.45) is 17.3 Å². The van der Waals surface area contributed by atoms with Crippen LogP contribution in [-0.4, -0.2) is 12.1 Å². The molecule has 1 N–H and O–H groups in total.